The van der Waals surface area contributed by atoms with Gasteiger partial charge in [-0.05, 0) is 36.2 Å². The Morgan fingerprint density at radius 1 is 1.27 bits per heavy atom. The van der Waals surface area contributed by atoms with Gasteiger partial charge >= 0.3 is 6.09 Å². The first kappa shape index (κ1) is 20.7. The molecular weight excluding hydrogens is 346 g/mol. The fourth-order valence-corrected chi connectivity index (χ4v) is 3.75. The second kappa shape index (κ2) is 8.37. The second-order valence-corrected chi connectivity index (χ2v) is 12.9. The number of benzene rings is 1. The van der Waals surface area contributed by atoms with Gasteiger partial charge in [-0.1, -0.05) is 57.2 Å². The van der Waals surface area contributed by atoms with E-state index in [-0.39, 0.29) is 17.7 Å². The Bertz CT molecular complexity index is 637. The zero-order chi connectivity index (χ0) is 19.4. The number of carbonyl (C=O) groups is 1. The molecule has 0 fully saturated rings. The lowest BCUT2D eigenvalue weighted by Crippen LogP contribution is -2.45. The normalized spacial score (nSPS) is 16.8. The molecule has 1 amide bonds. The average molecular weight is 378 g/mol. The number of hydrogen-bond acceptors (Lipinski definition) is 4. The van der Waals surface area contributed by atoms with Crippen molar-refractivity contribution in [1.29, 1.82) is 0 Å². The molecule has 0 aromatic heterocycles. The van der Waals surface area contributed by atoms with Crippen molar-refractivity contribution in [2.24, 2.45) is 0 Å². The Morgan fingerprint density at radius 3 is 2.46 bits per heavy atom. The summed E-state index contributed by atoms with van der Waals surface area (Å²) in [7, 11) is -1.84. The summed E-state index contributed by atoms with van der Waals surface area (Å²) in [4.78, 5) is 17.7. The van der Waals surface area contributed by atoms with Crippen molar-refractivity contribution >= 4 is 14.4 Å². The molecule has 0 spiro atoms. The topological polar surface area (TPSA) is 48.0 Å². The van der Waals surface area contributed by atoms with Gasteiger partial charge in [0.1, 0.15) is 6.61 Å². The molecule has 1 aromatic carbocycles. The Kier molecular flexibility index (Phi) is 6.66. The molecule has 1 heterocycles. The first-order valence-electron chi connectivity index (χ1n) is 9.08. The highest BCUT2D eigenvalue weighted by atomic mass is 28.4. The summed E-state index contributed by atoms with van der Waals surface area (Å²) in [5.41, 5.74) is 2.02. The van der Waals surface area contributed by atoms with Crippen LogP contribution in [0.3, 0.4) is 0 Å². The van der Waals surface area contributed by atoms with Crippen LogP contribution >= 0.6 is 0 Å². The third-order valence-electron chi connectivity index (χ3n) is 5.11. The van der Waals surface area contributed by atoms with E-state index >= 15 is 0 Å². The van der Waals surface area contributed by atoms with E-state index in [1.54, 1.807) is 0 Å². The van der Waals surface area contributed by atoms with Crippen molar-refractivity contribution in [3.63, 3.8) is 0 Å². The van der Waals surface area contributed by atoms with Crippen molar-refractivity contribution in [2.45, 2.75) is 58.5 Å². The monoisotopic (exact) mass is 377 g/mol. The SMILES string of the molecule is CC(O[Si](C)(C)C(C)(C)C)C1=CCN(C(=O)OCc2ccccc2)OC1. The fourth-order valence-electron chi connectivity index (χ4n) is 2.36. The smallest absolute Gasteiger partial charge is 0.434 e. The van der Waals surface area contributed by atoms with Gasteiger partial charge in [0.25, 0.3) is 0 Å². The molecule has 1 atom stereocenters. The summed E-state index contributed by atoms with van der Waals surface area (Å²) < 4.78 is 11.7. The van der Waals surface area contributed by atoms with E-state index in [4.69, 9.17) is 14.0 Å². The quantitative estimate of drug-likeness (QED) is 0.540. The summed E-state index contributed by atoms with van der Waals surface area (Å²) in [5.74, 6) is 0. The first-order valence-corrected chi connectivity index (χ1v) is 12.0. The molecule has 0 aliphatic carbocycles. The summed E-state index contributed by atoms with van der Waals surface area (Å²) in [5, 5.41) is 1.41. The van der Waals surface area contributed by atoms with Crippen molar-refractivity contribution in [1.82, 2.24) is 5.06 Å². The molecule has 0 N–H and O–H groups in total. The van der Waals surface area contributed by atoms with Crippen LogP contribution in [0.25, 0.3) is 0 Å². The maximum atomic E-state index is 12.1. The summed E-state index contributed by atoms with van der Waals surface area (Å²) >= 11 is 0. The van der Waals surface area contributed by atoms with E-state index in [2.05, 4.69) is 40.8 Å². The van der Waals surface area contributed by atoms with E-state index < -0.39 is 14.4 Å². The minimum atomic E-state index is -1.84. The molecule has 0 radical (unpaired) electrons. The number of carbonyl (C=O) groups excluding carboxylic acids is 1. The highest BCUT2D eigenvalue weighted by Gasteiger charge is 2.39. The molecule has 2 rings (SSSR count). The molecule has 1 aromatic rings. The Morgan fingerprint density at radius 2 is 1.92 bits per heavy atom. The molecule has 6 heteroatoms. The number of rotatable bonds is 5. The number of amides is 1. The van der Waals surface area contributed by atoms with Gasteiger partial charge in [-0.15, -0.1) is 0 Å². The van der Waals surface area contributed by atoms with Crippen LogP contribution in [-0.4, -0.2) is 38.7 Å². The molecule has 1 unspecified atom stereocenters. The number of nitrogens with zero attached hydrogens (tertiary/aromatic N) is 1. The second-order valence-electron chi connectivity index (χ2n) is 8.17. The van der Waals surface area contributed by atoms with Gasteiger partial charge in [0.2, 0.25) is 0 Å². The van der Waals surface area contributed by atoms with E-state index in [0.29, 0.717) is 13.2 Å². The molecule has 1 aliphatic rings. The van der Waals surface area contributed by atoms with Crippen molar-refractivity contribution in [3.05, 3.63) is 47.5 Å². The van der Waals surface area contributed by atoms with Gasteiger partial charge in [0.15, 0.2) is 8.32 Å². The predicted octanol–water partition coefficient (Wildman–Crippen LogP) is 4.91. The molecule has 144 valence electrons. The van der Waals surface area contributed by atoms with Gasteiger partial charge in [0.05, 0.1) is 19.3 Å². The highest BCUT2D eigenvalue weighted by molar-refractivity contribution is 6.74. The molecule has 0 saturated carbocycles. The van der Waals surface area contributed by atoms with Crippen LogP contribution in [0.5, 0.6) is 0 Å². The Labute approximate surface area is 158 Å². The lowest BCUT2D eigenvalue weighted by Gasteiger charge is -2.39. The summed E-state index contributed by atoms with van der Waals surface area (Å²) in [6.07, 6.45) is 1.52. The number of ether oxygens (including phenoxy) is 1. The van der Waals surface area contributed by atoms with Gasteiger partial charge in [0, 0.05) is 0 Å². The molecule has 5 nitrogen and oxygen atoms in total. The van der Waals surface area contributed by atoms with Gasteiger partial charge in [-0.25, -0.2) is 4.79 Å². The summed E-state index contributed by atoms with van der Waals surface area (Å²) in [6.45, 7) is 14.2. The third kappa shape index (κ3) is 5.43. The maximum Gasteiger partial charge on any atom is 0.434 e. The molecule has 1 aliphatic heterocycles. The largest absolute Gasteiger partial charge is 0.443 e. The van der Waals surface area contributed by atoms with Crippen LogP contribution in [0, 0.1) is 0 Å². The maximum absolute atomic E-state index is 12.1. The number of hydrogen-bond donors (Lipinski definition) is 0. The van der Waals surface area contributed by atoms with Gasteiger partial charge in [-0.3, -0.25) is 4.84 Å². The lowest BCUT2D eigenvalue weighted by molar-refractivity contribution is -0.131. The zero-order valence-corrected chi connectivity index (χ0v) is 17.7. The first-order chi connectivity index (χ1) is 12.1. The van der Waals surface area contributed by atoms with Crippen LogP contribution in [0.15, 0.2) is 42.0 Å². The van der Waals surface area contributed by atoms with Crippen molar-refractivity contribution in [3.8, 4) is 0 Å². The molecule has 26 heavy (non-hydrogen) atoms. The minimum absolute atomic E-state index is 0.0154. The molecular formula is C20H31NO4Si. The van der Waals surface area contributed by atoms with Crippen LogP contribution in [0.2, 0.25) is 18.1 Å². The Balaban J connectivity index is 1.86. The molecule has 0 bridgehead atoms. The fraction of sp³-hybridized carbons (Fsp3) is 0.550. The van der Waals surface area contributed by atoms with Crippen molar-refractivity contribution < 1.29 is 18.8 Å². The van der Waals surface area contributed by atoms with Crippen LogP contribution in [0.1, 0.15) is 33.3 Å². The Hall–Kier alpha value is -1.63. The van der Waals surface area contributed by atoms with Crippen molar-refractivity contribution in [2.75, 3.05) is 13.2 Å². The molecule has 0 saturated heterocycles. The minimum Gasteiger partial charge on any atom is -0.443 e. The summed E-state index contributed by atoms with van der Waals surface area (Å²) in [6, 6.07) is 9.60. The standard InChI is InChI=1S/C20H31NO4Si/c1-16(25-26(5,6)20(2,3)4)18-12-13-21(24-15-18)19(22)23-14-17-10-8-7-9-11-17/h7-12,16H,13-15H2,1-6H3. The van der Waals surface area contributed by atoms with E-state index in [1.807, 2.05) is 36.4 Å². The van der Waals surface area contributed by atoms with Gasteiger partial charge < -0.3 is 9.16 Å². The third-order valence-corrected chi connectivity index (χ3v) is 9.67. The van der Waals surface area contributed by atoms with E-state index in [0.717, 1.165) is 11.1 Å². The van der Waals surface area contributed by atoms with E-state index in [1.165, 1.54) is 5.06 Å². The van der Waals surface area contributed by atoms with Crippen LogP contribution in [0.4, 0.5) is 4.79 Å². The zero-order valence-electron chi connectivity index (χ0n) is 16.7. The van der Waals surface area contributed by atoms with Crippen LogP contribution in [-0.2, 0) is 20.6 Å². The predicted molar refractivity (Wildman–Crippen MR) is 105 cm³/mol. The van der Waals surface area contributed by atoms with E-state index in [9.17, 15) is 4.79 Å². The average Bonchev–Trinajstić information content (AvgIpc) is 2.59. The van der Waals surface area contributed by atoms with Crippen LogP contribution < -0.4 is 0 Å². The highest BCUT2D eigenvalue weighted by Crippen LogP contribution is 2.38. The lowest BCUT2D eigenvalue weighted by atomic mass is 10.1. The van der Waals surface area contributed by atoms with Gasteiger partial charge in [-0.2, -0.15) is 5.06 Å². The number of hydroxylamine groups is 2.